The average Bonchev–Trinajstić information content (AvgIpc) is 2.64. The molecule has 0 radical (unpaired) electrons. The quantitative estimate of drug-likeness (QED) is 0.648. The third-order valence-corrected chi connectivity index (χ3v) is 3.08. The fraction of sp³-hybridized carbons (Fsp3) is 0.900. The Morgan fingerprint density at radius 3 is 2.50 bits per heavy atom. The molecule has 1 rings (SSSR count). The molecule has 0 atom stereocenters. The second-order valence-corrected chi connectivity index (χ2v) is 4.44. The minimum absolute atomic E-state index is 0.230. The van der Waals surface area contributed by atoms with Crippen molar-refractivity contribution in [2.45, 2.75) is 38.1 Å². The molecule has 1 saturated carbocycles. The van der Waals surface area contributed by atoms with Gasteiger partial charge in [-0.05, 0) is 12.8 Å². The molecular weight excluding hydrogens is 196 g/mol. The molecule has 82 valence electrons. The number of rotatable bonds is 6. The maximum absolute atomic E-state index is 8.96. The first-order valence-corrected chi connectivity index (χ1v) is 5.78. The first-order valence-electron chi connectivity index (χ1n) is 5.37. The lowest BCUT2D eigenvalue weighted by atomic mass is 10.2. The van der Waals surface area contributed by atoms with Gasteiger partial charge in [0.2, 0.25) is 0 Å². The SMILES string of the molecule is NC(=S)CCN(CCO)C1CCCC1. The highest BCUT2D eigenvalue weighted by Crippen LogP contribution is 2.23. The van der Waals surface area contributed by atoms with Crippen molar-refractivity contribution >= 4 is 17.2 Å². The Kier molecular flexibility index (Phi) is 5.37. The summed E-state index contributed by atoms with van der Waals surface area (Å²) in [4.78, 5) is 2.90. The maximum atomic E-state index is 8.96. The maximum Gasteiger partial charge on any atom is 0.0740 e. The number of thiocarbonyl (C=S) groups is 1. The molecule has 0 spiro atoms. The lowest BCUT2D eigenvalue weighted by molar-refractivity contribution is 0.155. The summed E-state index contributed by atoms with van der Waals surface area (Å²) in [6.07, 6.45) is 5.93. The Balaban J connectivity index is 2.33. The molecule has 1 aliphatic carbocycles. The zero-order chi connectivity index (χ0) is 10.4. The first kappa shape index (κ1) is 11.9. The summed E-state index contributed by atoms with van der Waals surface area (Å²) in [5.74, 6) is 0. The summed E-state index contributed by atoms with van der Waals surface area (Å²) in [6, 6.07) is 0.650. The number of aliphatic hydroxyl groups is 1. The predicted octanol–water partition coefficient (Wildman–Crippen LogP) is 0.899. The molecule has 1 aliphatic rings. The van der Waals surface area contributed by atoms with Crippen LogP contribution < -0.4 is 5.73 Å². The van der Waals surface area contributed by atoms with E-state index >= 15 is 0 Å². The second kappa shape index (κ2) is 6.32. The van der Waals surface area contributed by atoms with Crippen LogP contribution in [0.15, 0.2) is 0 Å². The fourth-order valence-corrected chi connectivity index (χ4v) is 2.22. The van der Waals surface area contributed by atoms with Crippen LogP contribution in [0.2, 0.25) is 0 Å². The van der Waals surface area contributed by atoms with Crippen molar-refractivity contribution in [2.75, 3.05) is 19.7 Å². The first-order chi connectivity index (χ1) is 6.74. The smallest absolute Gasteiger partial charge is 0.0740 e. The van der Waals surface area contributed by atoms with Crippen molar-refractivity contribution in [1.82, 2.24) is 4.90 Å². The zero-order valence-corrected chi connectivity index (χ0v) is 9.43. The van der Waals surface area contributed by atoms with Crippen LogP contribution in [0.25, 0.3) is 0 Å². The lowest BCUT2D eigenvalue weighted by Gasteiger charge is -2.27. The minimum Gasteiger partial charge on any atom is -0.395 e. The van der Waals surface area contributed by atoms with Crippen LogP contribution in [0.4, 0.5) is 0 Å². The van der Waals surface area contributed by atoms with Crippen molar-refractivity contribution in [3.63, 3.8) is 0 Å². The van der Waals surface area contributed by atoms with Crippen LogP contribution in [0, 0.1) is 0 Å². The molecule has 0 aromatic rings. The Bertz CT molecular complexity index is 181. The molecule has 0 aromatic carbocycles. The number of hydrogen-bond donors (Lipinski definition) is 2. The topological polar surface area (TPSA) is 49.5 Å². The van der Waals surface area contributed by atoms with Gasteiger partial charge >= 0.3 is 0 Å². The Hall–Kier alpha value is -0.190. The minimum atomic E-state index is 0.230. The Morgan fingerprint density at radius 1 is 1.36 bits per heavy atom. The molecule has 0 saturated heterocycles. The van der Waals surface area contributed by atoms with Crippen LogP contribution >= 0.6 is 12.2 Å². The van der Waals surface area contributed by atoms with Gasteiger partial charge in [0.05, 0.1) is 11.6 Å². The van der Waals surface area contributed by atoms with Gasteiger partial charge in [-0.1, -0.05) is 25.1 Å². The molecule has 1 fully saturated rings. The van der Waals surface area contributed by atoms with Crippen molar-refractivity contribution < 1.29 is 5.11 Å². The van der Waals surface area contributed by atoms with Gasteiger partial charge in [0.25, 0.3) is 0 Å². The highest BCUT2D eigenvalue weighted by Gasteiger charge is 2.21. The van der Waals surface area contributed by atoms with E-state index in [2.05, 4.69) is 4.90 Å². The molecule has 0 aliphatic heterocycles. The monoisotopic (exact) mass is 216 g/mol. The number of aliphatic hydroxyl groups excluding tert-OH is 1. The van der Waals surface area contributed by atoms with Gasteiger partial charge in [-0.2, -0.15) is 0 Å². The third kappa shape index (κ3) is 3.90. The molecule has 3 N–H and O–H groups in total. The molecule has 14 heavy (non-hydrogen) atoms. The average molecular weight is 216 g/mol. The van der Waals surface area contributed by atoms with Gasteiger partial charge in [0.15, 0.2) is 0 Å². The largest absolute Gasteiger partial charge is 0.395 e. The molecule has 0 bridgehead atoms. The van der Waals surface area contributed by atoms with Gasteiger partial charge in [-0.15, -0.1) is 0 Å². The molecule has 0 heterocycles. The van der Waals surface area contributed by atoms with Crippen LogP contribution in [-0.4, -0.2) is 40.7 Å². The highest BCUT2D eigenvalue weighted by molar-refractivity contribution is 7.80. The van der Waals surface area contributed by atoms with E-state index in [0.29, 0.717) is 11.0 Å². The zero-order valence-electron chi connectivity index (χ0n) is 8.61. The van der Waals surface area contributed by atoms with E-state index in [0.717, 1.165) is 19.5 Å². The van der Waals surface area contributed by atoms with Crippen molar-refractivity contribution in [3.05, 3.63) is 0 Å². The van der Waals surface area contributed by atoms with Crippen LogP contribution in [0.5, 0.6) is 0 Å². The summed E-state index contributed by atoms with van der Waals surface area (Å²) in [5.41, 5.74) is 5.48. The highest BCUT2D eigenvalue weighted by atomic mass is 32.1. The summed E-state index contributed by atoms with van der Waals surface area (Å²) in [7, 11) is 0. The molecule has 4 heteroatoms. The fourth-order valence-electron chi connectivity index (χ4n) is 2.13. The van der Waals surface area contributed by atoms with Crippen molar-refractivity contribution in [2.24, 2.45) is 5.73 Å². The standard InChI is InChI=1S/C10H20N2OS/c11-10(14)5-6-12(7-8-13)9-3-1-2-4-9/h9,13H,1-8H2,(H2,11,14). The Labute approximate surface area is 91.3 Å². The molecular formula is C10H20N2OS. The van der Waals surface area contributed by atoms with E-state index in [9.17, 15) is 0 Å². The van der Waals surface area contributed by atoms with Crippen LogP contribution in [0.3, 0.4) is 0 Å². The molecule has 0 amide bonds. The lowest BCUT2D eigenvalue weighted by Crippen LogP contribution is -2.37. The van der Waals surface area contributed by atoms with E-state index < -0.39 is 0 Å². The van der Waals surface area contributed by atoms with E-state index in [1.165, 1.54) is 25.7 Å². The van der Waals surface area contributed by atoms with E-state index in [4.69, 9.17) is 23.1 Å². The van der Waals surface area contributed by atoms with E-state index in [1.807, 2.05) is 0 Å². The van der Waals surface area contributed by atoms with Gasteiger partial charge in [-0.25, -0.2) is 0 Å². The second-order valence-electron chi connectivity index (χ2n) is 3.91. The summed E-state index contributed by atoms with van der Waals surface area (Å²) in [5, 5.41) is 8.96. The normalized spacial score (nSPS) is 17.9. The number of hydrogen-bond acceptors (Lipinski definition) is 3. The van der Waals surface area contributed by atoms with E-state index in [1.54, 1.807) is 0 Å². The van der Waals surface area contributed by atoms with Gasteiger partial charge in [0, 0.05) is 25.6 Å². The summed E-state index contributed by atoms with van der Waals surface area (Å²) in [6.45, 7) is 1.89. The molecule has 0 unspecified atom stereocenters. The van der Waals surface area contributed by atoms with Gasteiger partial charge in [-0.3, -0.25) is 4.90 Å². The molecule has 0 aromatic heterocycles. The number of nitrogens with two attached hydrogens (primary N) is 1. The summed E-state index contributed by atoms with van der Waals surface area (Å²) >= 11 is 4.86. The van der Waals surface area contributed by atoms with Gasteiger partial charge in [0.1, 0.15) is 0 Å². The van der Waals surface area contributed by atoms with E-state index in [-0.39, 0.29) is 6.61 Å². The predicted molar refractivity (Wildman–Crippen MR) is 62.3 cm³/mol. The van der Waals surface area contributed by atoms with Gasteiger partial charge < -0.3 is 10.8 Å². The Morgan fingerprint density at radius 2 is 2.00 bits per heavy atom. The third-order valence-electron chi connectivity index (χ3n) is 2.87. The van der Waals surface area contributed by atoms with Crippen molar-refractivity contribution in [1.29, 1.82) is 0 Å². The van der Waals surface area contributed by atoms with Crippen LogP contribution in [-0.2, 0) is 0 Å². The number of nitrogens with zero attached hydrogens (tertiary/aromatic N) is 1. The summed E-state index contributed by atoms with van der Waals surface area (Å²) < 4.78 is 0. The van der Waals surface area contributed by atoms with Crippen molar-refractivity contribution in [3.8, 4) is 0 Å². The molecule has 3 nitrogen and oxygen atoms in total. The van der Waals surface area contributed by atoms with Crippen LogP contribution in [0.1, 0.15) is 32.1 Å².